The van der Waals surface area contributed by atoms with Crippen LogP contribution in [-0.4, -0.2) is 34.7 Å². The summed E-state index contributed by atoms with van der Waals surface area (Å²) in [6.45, 7) is 6.83. The summed E-state index contributed by atoms with van der Waals surface area (Å²) in [6.07, 6.45) is 1.46. The number of carbonyl (C=O) groups is 2. The molecule has 166 valence electrons. The van der Waals surface area contributed by atoms with E-state index in [1.807, 2.05) is 73.1 Å². The van der Waals surface area contributed by atoms with Gasteiger partial charge in [-0.15, -0.1) is 0 Å². The Morgan fingerprint density at radius 1 is 0.969 bits per heavy atom. The molecule has 1 fully saturated rings. The molecular formula is C25H29N5O2. The number of para-hydroxylation sites is 1. The Labute approximate surface area is 188 Å². The van der Waals surface area contributed by atoms with Gasteiger partial charge in [0, 0.05) is 31.6 Å². The van der Waals surface area contributed by atoms with Crippen molar-refractivity contribution in [3.63, 3.8) is 0 Å². The molecule has 1 aliphatic heterocycles. The normalized spacial score (nSPS) is 14.3. The molecule has 2 aromatic carbocycles. The Balaban J connectivity index is 1.53. The van der Waals surface area contributed by atoms with E-state index in [1.54, 1.807) is 0 Å². The second-order valence-electron chi connectivity index (χ2n) is 8.33. The van der Waals surface area contributed by atoms with Crippen molar-refractivity contribution in [2.75, 3.05) is 28.6 Å². The Bertz CT molecular complexity index is 1110. The van der Waals surface area contributed by atoms with Gasteiger partial charge in [0.05, 0.1) is 11.4 Å². The molecule has 0 spiro atoms. The molecule has 0 atom stereocenters. The van der Waals surface area contributed by atoms with Crippen LogP contribution in [0.3, 0.4) is 0 Å². The maximum atomic E-state index is 12.8. The molecule has 32 heavy (non-hydrogen) atoms. The van der Waals surface area contributed by atoms with Gasteiger partial charge in [-0.1, -0.05) is 30.3 Å². The number of amides is 2. The van der Waals surface area contributed by atoms with Crippen LogP contribution in [0.1, 0.15) is 31.0 Å². The number of nitrogens with zero attached hydrogens (tertiary/aromatic N) is 3. The maximum Gasteiger partial charge on any atom is 0.227 e. The third kappa shape index (κ3) is 4.66. The monoisotopic (exact) mass is 431 g/mol. The lowest BCUT2D eigenvalue weighted by Gasteiger charge is -2.33. The van der Waals surface area contributed by atoms with Crippen molar-refractivity contribution in [3.05, 3.63) is 65.9 Å². The molecule has 0 radical (unpaired) electrons. The van der Waals surface area contributed by atoms with Crippen LogP contribution in [-0.2, 0) is 9.59 Å². The zero-order valence-corrected chi connectivity index (χ0v) is 18.8. The van der Waals surface area contributed by atoms with Gasteiger partial charge in [0.1, 0.15) is 5.69 Å². The molecule has 1 saturated heterocycles. The Hall–Kier alpha value is -3.61. The summed E-state index contributed by atoms with van der Waals surface area (Å²) < 4.78 is 1.88. The van der Waals surface area contributed by atoms with Gasteiger partial charge in [0.2, 0.25) is 11.8 Å². The molecule has 4 rings (SSSR count). The van der Waals surface area contributed by atoms with Gasteiger partial charge in [-0.25, -0.2) is 4.68 Å². The highest BCUT2D eigenvalue weighted by Gasteiger charge is 2.30. The van der Waals surface area contributed by atoms with E-state index in [-0.39, 0.29) is 17.7 Å². The minimum Gasteiger partial charge on any atom is -0.355 e. The number of aryl methyl sites for hydroxylation is 2. The average Bonchev–Trinajstić information content (AvgIpc) is 3.10. The number of piperidine rings is 1. The second-order valence-corrected chi connectivity index (χ2v) is 8.33. The number of nitrogens with one attached hydrogen (secondary N) is 2. The van der Waals surface area contributed by atoms with Crippen LogP contribution in [0.15, 0.2) is 54.6 Å². The molecule has 3 aromatic rings. The zero-order valence-electron chi connectivity index (χ0n) is 18.8. The third-order valence-electron chi connectivity index (χ3n) is 5.79. The molecule has 2 N–H and O–H groups in total. The van der Waals surface area contributed by atoms with Crippen LogP contribution in [0.25, 0.3) is 5.69 Å². The fourth-order valence-corrected chi connectivity index (χ4v) is 4.20. The Kier molecular flexibility index (Phi) is 6.25. The van der Waals surface area contributed by atoms with Crippen molar-refractivity contribution in [2.24, 2.45) is 5.92 Å². The van der Waals surface area contributed by atoms with Gasteiger partial charge in [0.25, 0.3) is 0 Å². The van der Waals surface area contributed by atoms with Crippen LogP contribution in [0, 0.1) is 19.8 Å². The van der Waals surface area contributed by atoms with E-state index in [4.69, 9.17) is 5.10 Å². The van der Waals surface area contributed by atoms with E-state index in [0.29, 0.717) is 13.1 Å². The van der Waals surface area contributed by atoms with E-state index in [1.165, 1.54) is 6.92 Å². The lowest BCUT2D eigenvalue weighted by molar-refractivity contribution is -0.120. The molecule has 7 heteroatoms. The first-order valence-corrected chi connectivity index (χ1v) is 11.0. The first kappa shape index (κ1) is 21.6. The molecular weight excluding hydrogens is 402 g/mol. The summed E-state index contributed by atoms with van der Waals surface area (Å²) in [7, 11) is 0. The van der Waals surface area contributed by atoms with Crippen molar-refractivity contribution >= 4 is 29.0 Å². The highest BCUT2D eigenvalue weighted by atomic mass is 16.2. The topological polar surface area (TPSA) is 79.3 Å². The third-order valence-corrected chi connectivity index (χ3v) is 5.79. The predicted molar refractivity (Wildman–Crippen MR) is 127 cm³/mol. The summed E-state index contributed by atoms with van der Waals surface area (Å²) in [5.74, 6) is 0.742. The lowest BCUT2D eigenvalue weighted by atomic mass is 9.95. The summed E-state index contributed by atoms with van der Waals surface area (Å²) in [5.41, 5.74) is 4.37. The van der Waals surface area contributed by atoms with Crippen molar-refractivity contribution in [2.45, 2.75) is 33.6 Å². The number of rotatable bonds is 5. The zero-order chi connectivity index (χ0) is 22.7. The minimum absolute atomic E-state index is 0.0508. The highest BCUT2D eigenvalue weighted by Crippen LogP contribution is 2.35. The molecule has 0 aliphatic carbocycles. The van der Waals surface area contributed by atoms with Gasteiger partial charge < -0.3 is 15.5 Å². The van der Waals surface area contributed by atoms with Crippen molar-refractivity contribution < 1.29 is 9.59 Å². The SMILES string of the molecule is CC(=O)Nc1c(C)nn(-c2ccccc2)c1N1CCC(C(=O)Nc2cccc(C)c2)CC1. The molecule has 1 aliphatic rings. The van der Waals surface area contributed by atoms with E-state index in [9.17, 15) is 9.59 Å². The van der Waals surface area contributed by atoms with Crippen molar-refractivity contribution in [1.29, 1.82) is 0 Å². The smallest absolute Gasteiger partial charge is 0.227 e. The molecule has 2 heterocycles. The second kappa shape index (κ2) is 9.26. The first-order valence-electron chi connectivity index (χ1n) is 11.0. The van der Waals surface area contributed by atoms with Gasteiger partial charge in [0.15, 0.2) is 5.82 Å². The molecule has 2 amide bonds. The predicted octanol–water partition coefficient (Wildman–Crippen LogP) is 4.30. The summed E-state index contributed by atoms with van der Waals surface area (Å²) in [4.78, 5) is 26.9. The standard InChI is InChI=1S/C25H29N5O2/c1-17-8-7-9-21(16-17)27-24(32)20-12-14-29(15-13-20)25-23(26-19(3)31)18(2)28-30(25)22-10-5-4-6-11-22/h4-11,16,20H,12-15H2,1-3H3,(H,26,31)(H,27,32). The number of benzene rings is 2. The van der Waals surface area contributed by atoms with Gasteiger partial charge in [-0.2, -0.15) is 5.10 Å². The largest absolute Gasteiger partial charge is 0.355 e. The van der Waals surface area contributed by atoms with E-state index >= 15 is 0 Å². The van der Waals surface area contributed by atoms with Crippen LogP contribution >= 0.6 is 0 Å². The fraction of sp³-hybridized carbons (Fsp3) is 0.320. The minimum atomic E-state index is -0.130. The Morgan fingerprint density at radius 2 is 1.69 bits per heavy atom. The van der Waals surface area contributed by atoms with Gasteiger partial charge in [-0.05, 0) is 56.5 Å². The quantitative estimate of drug-likeness (QED) is 0.631. The first-order chi connectivity index (χ1) is 15.4. The number of hydrogen-bond acceptors (Lipinski definition) is 4. The average molecular weight is 432 g/mol. The van der Waals surface area contributed by atoms with E-state index < -0.39 is 0 Å². The summed E-state index contributed by atoms with van der Waals surface area (Å²) in [5, 5.41) is 10.7. The van der Waals surface area contributed by atoms with E-state index in [0.717, 1.165) is 47.0 Å². The molecule has 0 saturated carbocycles. The van der Waals surface area contributed by atoms with Gasteiger partial charge >= 0.3 is 0 Å². The van der Waals surface area contributed by atoms with Crippen LogP contribution in [0.4, 0.5) is 17.2 Å². The highest BCUT2D eigenvalue weighted by molar-refractivity contribution is 5.94. The number of anilines is 3. The summed E-state index contributed by atoms with van der Waals surface area (Å²) >= 11 is 0. The molecule has 0 bridgehead atoms. The van der Waals surface area contributed by atoms with Crippen molar-refractivity contribution in [3.8, 4) is 5.69 Å². The fourth-order valence-electron chi connectivity index (χ4n) is 4.20. The number of aromatic nitrogens is 2. The Morgan fingerprint density at radius 3 is 2.34 bits per heavy atom. The maximum absolute atomic E-state index is 12.8. The summed E-state index contributed by atoms with van der Waals surface area (Å²) in [6, 6.07) is 17.8. The lowest BCUT2D eigenvalue weighted by Crippen LogP contribution is -2.39. The molecule has 0 unspecified atom stereocenters. The molecule has 7 nitrogen and oxygen atoms in total. The van der Waals surface area contributed by atoms with Crippen molar-refractivity contribution in [1.82, 2.24) is 9.78 Å². The van der Waals surface area contributed by atoms with Crippen LogP contribution in [0.2, 0.25) is 0 Å². The van der Waals surface area contributed by atoms with Gasteiger partial charge in [-0.3, -0.25) is 9.59 Å². The number of carbonyl (C=O) groups excluding carboxylic acids is 2. The van der Waals surface area contributed by atoms with Crippen LogP contribution < -0.4 is 15.5 Å². The van der Waals surface area contributed by atoms with Crippen LogP contribution in [0.5, 0.6) is 0 Å². The molecule has 1 aromatic heterocycles. The van der Waals surface area contributed by atoms with E-state index in [2.05, 4.69) is 15.5 Å². The number of hydrogen-bond donors (Lipinski definition) is 2.